The summed E-state index contributed by atoms with van der Waals surface area (Å²) in [7, 11) is 0. The molecule has 5 heteroatoms. The van der Waals surface area contributed by atoms with Crippen molar-refractivity contribution in [1.29, 1.82) is 0 Å². The van der Waals surface area contributed by atoms with Crippen molar-refractivity contribution in [2.45, 2.75) is 27.2 Å². The van der Waals surface area contributed by atoms with Crippen LogP contribution >= 0.6 is 0 Å². The van der Waals surface area contributed by atoms with Crippen molar-refractivity contribution in [3.05, 3.63) is 27.4 Å². The number of ether oxygens (including phenoxy) is 1. The van der Waals surface area contributed by atoms with Crippen molar-refractivity contribution >= 4 is 5.97 Å². The smallest absolute Gasteiger partial charge is 0.345 e. The number of nitrogens with zero attached hydrogens (tertiary/aromatic N) is 1. The van der Waals surface area contributed by atoms with Crippen LogP contribution in [0, 0.1) is 13.8 Å². The quantitative estimate of drug-likeness (QED) is 0.737. The standard InChI is InChI=1S/C10H14N2O3/c1-4-15-9(13)5-8-6(2)11-10(14)12-7(8)3/h4-5H2,1-3H3,(H,11,12,14). The summed E-state index contributed by atoms with van der Waals surface area (Å²) in [6.45, 7) is 5.55. The third-order valence-corrected chi connectivity index (χ3v) is 2.08. The molecule has 0 saturated carbocycles. The summed E-state index contributed by atoms with van der Waals surface area (Å²) >= 11 is 0. The van der Waals surface area contributed by atoms with Gasteiger partial charge in [0.2, 0.25) is 0 Å². The molecule has 0 fully saturated rings. The second kappa shape index (κ2) is 4.72. The van der Waals surface area contributed by atoms with Gasteiger partial charge < -0.3 is 9.72 Å². The molecule has 1 heterocycles. The van der Waals surface area contributed by atoms with E-state index in [0.717, 1.165) is 5.56 Å². The van der Waals surface area contributed by atoms with Gasteiger partial charge in [0.05, 0.1) is 13.0 Å². The summed E-state index contributed by atoms with van der Waals surface area (Å²) in [5.41, 5.74) is 1.58. The molecule has 0 aromatic carbocycles. The number of esters is 1. The summed E-state index contributed by atoms with van der Waals surface area (Å²) in [6, 6.07) is 0. The van der Waals surface area contributed by atoms with E-state index in [4.69, 9.17) is 4.74 Å². The summed E-state index contributed by atoms with van der Waals surface area (Å²) in [5, 5.41) is 0. The number of hydrogen-bond acceptors (Lipinski definition) is 4. The van der Waals surface area contributed by atoms with Crippen LogP contribution in [0.15, 0.2) is 4.79 Å². The molecule has 1 N–H and O–H groups in total. The molecule has 0 unspecified atom stereocenters. The van der Waals surface area contributed by atoms with Crippen molar-refractivity contribution in [3.8, 4) is 0 Å². The van der Waals surface area contributed by atoms with Gasteiger partial charge in [-0.25, -0.2) is 4.79 Å². The largest absolute Gasteiger partial charge is 0.466 e. The summed E-state index contributed by atoms with van der Waals surface area (Å²) in [6.07, 6.45) is 0.148. The zero-order chi connectivity index (χ0) is 11.4. The fourth-order valence-corrected chi connectivity index (χ4v) is 1.37. The zero-order valence-corrected chi connectivity index (χ0v) is 9.09. The van der Waals surface area contributed by atoms with Crippen molar-refractivity contribution in [1.82, 2.24) is 9.97 Å². The van der Waals surface area contributed by atoms with Gasteiger partial charge in [0, 0.05) is 17.0 Å². The minimum absolute atomic E-state index is 0.148. The number of rotatable bonds is 3. The highest BCUT2D eigenvalue weighted by molar-refractivity contribution is 5.73. The van der Waals surface area contributed by atoms with Gasteiger partial charge in [-0.15, -0.1) is 0 Å². The lowest BCUT2D eigenvalue weighted by atomic mass is 10.1. The lowest BCUT2D eigenvalue weighted by molar-refractivity contribution is -0.142. The van der Waals surface area contributed by atoms with E-state index in [0.29, 0.717) is 18.0 Å². The molecule has 0 bridgehead atoms. The Morgan fingerprint density at radius 1 is 1.47 bits per heavy atom. The van der Waals surface area contributed by atoms with Crippen molar-refractivity contribution in [3.63, 3.8) is 0 Å². The molecule has 0 aliphatic heterocycles. The first-order valence-corrected chi connectivity index (χ1v) is 4.76. The molecule has 0 saturated heterocycles. The summed E-state index contributed by atoms with van der Waals surface area (Å²) in [4.78, 5) is 28.5. The van der Waals surface area contributed by atoms with E-state index in [2.05, 4.69) is 9.97 Å². The number of aromatic nitrogens is 2. The van der Waals surface area contributed by atoms with Crippen LogP contribution in [0.1, 0.15) is 23.9 Å². The number of aryl methyl sites for hydroxylation is 2. The predicted molar refractivity (Wildman–Crippen MR) is 54.7 cm³/mol. The maximum absolute atomic E-state index is 11.3. The van der Waals surface area contributed by atoms with Gasteiger partial charge in [-0.2, -0.15) is 4.98 Å². The van der Waals surface area contributed by atoms with E-state index in [-0.39, 0.29) is 12.4 Å². The highest BCUT2D eigenvalue weighted by Gasteiger charge is 2.11. The molecule has 82 valence electrons. The average Bonchev–Trinajstić information content (AvgIpc) is 2.11. The minimum Gasteiger partial charge on any atom is -0.466 e. The number of H-pyrrole nitrogens is 1. The molecule has 1 rings (SSSR count). The topological polar surface area (TPSA) is 72.0 Å². The van der Waals surface area contributed by atoms with Gasteiger partial charge >= 0.3 is 11.7 Å². The fourth-order valence-electron chi connectivity index (χ4n) is 1.37. The molecule has 0 atom stereocenters. The first kappa shape index (κ1) is 11.4. The Morgan fingerprint density at radius 3 is 2.67 bits per heavy atom. The van der Waals surface area contributed by atoms with Gasteiger partial charge in [0.1, 0.15) is 0 Å². The second-order valence-corrected chi connectivity index (χ2v) is 3.21. The van der Waals surface area contributed by atoms with Gasteiger partial charge in [-0.3, -0.25) is 4.79 Å². The lowest BCUT2D eigenvalue weighted by Crippen LogP contribution is -2.18. The molecule has 5 nitrogen and oxygen atoms in total. The van der Waals surface area contributed by atoms with E-state index < -0.39 is 5.69 Å². The monoisotopic (exact) mass is 210 g/mol. The number of nitrogens with one attached hydrogen (secondary N) is 1. The molecule has 15 heavy (non-hydrogen) atoms. The lowest BCUT2D eigenvalue weighted by Gasteiger charge is -2.07. The van der Waals surface area contributed by atoms with E-state index in [1.165, 1.54) is 0 Å². The Kier molecular flexibility index (Phi) is 3.60. The van der Waals surface area contributed by atoms with Crippen LogP contribution in [0.2, 0.25) is 0 Å². The van der Waals surface area contributed by atoms with Crippen LogP contribution < -0.4 is 5.69 Å². The molecule has 0 spiro atoms. The number of carbonyl (C=O) groups excluding carboxylic acids is 1. The zero-order valence-electron chi connectivity index (χ0n) is 9.09. The van der Waals surface area contributed by atoms with Crippen LogP contribution in [0.25, 0.3) is 0 Å². The number of carbonyl (C=O) groups is 1. The van der Waals surface area contributed by atoms with Gasteiger partial charge in [0.15, 0.2) is 0 Å². The maximum atomic E-state index is 11.3. The van der Waals surface area contributed by atoms with Gasteiger partial charge in [-0.05, 0) is 20.8 Å². The van der Waals surface area contributed by atoms with Crippen molar-refractivity contribution in [2.75, 3.05) is 6.61 Å². The van der Waals surface area contributed by atoms with Crippen molar-refractivity contribution < 1.29 is 9.53 Å². The molecule has 0 aliphatic carbocycles. The van der Waals surface area contributed by atoms with Crippen LogP contribution in [0.3, 0.4) is 0 Å². The highest BCUT2D eigenvalue weighted by atomic mass is 16.5. The number of hydrogen-bond donors (Lipinski definition) is 1. The fraction of sp³-hybridized carbons (Fsp3) is 0.500. The Hall–Kier alpha value is -1.65. The first-order valence-electron chi connectivity index (χ1n) is 4.76. The molecule has 0 radical (unpaired) electrons. The summed E-state index contributed by atoms with van der Waals surface area (Å²) < 4.78 is 4.83. The highest BCUT2D eigenvalue weighted by Crippen LogP contribution is 2.08. The third kappa shape index (κ3) is 2.90. The normalized spacial score (nSPS) is 10.1. The van der Waals surface area contributed by atoms with Crippen LogP contribution in [0.5, 0.6) is 0 Å². The van der Waals surface area contributed by atoms with E-state index in [9.17, 15) is 9.59 Å². The maximum Gasteiger partial charge on any atom is 0.345 e. The predicted octanol–water partition coefficient (Wildman–Crippen LogP) is 0.492. The SMILES string of the molecule is CCOC(=O)Cc1c(C)nc(=O)[nH]c1C. The summed E-state index contributed by atoms with van der Waals surface area (Å²) in [5.74, 6) is -0.308. The van der Waals surface area contributed by atoms with E-state index in [1.54, 1.807) is 20.8 Å². The van der Waals surface area contributed by atoms with Crippen molar-refractivity contribution in [2.24, 2.45) is 0 Å². The average molecular weight is 210 g/mol. The molecule has 0 amide bonds. The Labute approximate surface area is 87.5 Å². The van der Waals surface area contributed by atoms with E-state index in [1.807, 2.05) is 0 Å². The molecular formula is C10H14N2O3. The van der Waals surface area contributed by atoms with Crippen LogP contribution in [-0.4, -0.2) is 22.5 Å². The van der Waals surface area contributed by atoms with Crippen LogP contribution in [0.4, 0.5) is 0 Å². The Balaban J connectivity index is 2.95. The van der Waals surface area contributed by atoms with Gasteiger partial charge in [-0.1, -0.05) is 0 Å². The molecule has 1 aromatic rings. The molecular weight excluding hydrogens is 196 g/mol. The Morgan fingerprint density at radius 2 is 2.13 bits per heavy atom. The molecule has 0 aliphatic rings. The number of aromatic amines is 1. The Bertz CT molecular complexity index is 397. The van der Waals surface area contributed by atoms with E-state index >= 15 is 0 Å². The molecule has 1 aromatic heterocycles. The third-order valence-electron chi connectivity index (χ3n) is 2.08. The second-order valence-electron chi connectivity index (χ2n) is 3.21. The first-order chi connectivity index (χ1) is 7.04. The van der Waals surface area contributed by atoms with Crippen LogP contribution in [-0.2, 0) is 16.0 Å². The minimum atomic E-state index is -0.391. The van der Waals surface area contributed by atoms with Gasteiger partial charge in [0.25, 0.3) is 0 Å².